The second kappa shape index (κ2) is 3.27. The van der Waals surface area contributed by atoms with Crippen LogP contribution in [0, 0.1) is 6.33 Å². The van der Waals surface area contributed by atoms with Gasteiger partial charge in [0.1, 0.15) is 0 Å². The van der Waals surface area contributed by atoms with Crippen molar-refractivity contribution in [2.45, 2.75) is 18.8 Å². The summed E-state index contributed by atoms with van der Waals surface area (Å²) in [6.07, 6.45) is 7.42. The fourth-order valence-electron chi connectivity index (χ4n) is 1.71. The quantitative estimate of drug-likeness (QED) is 0.661. The molecule has 0 spiro atoms. The highest BCUT2D eigenvalue weighted by atomic mass is 15.0. The molecule has 0 aromatic carbocycles. The molecule has 12 heavy (non-hydrogen) atoms. The molecule has 1 fully saturated rings. The van der Waals surface area contributed by atoms with Gasteiger partial charge in [0.05, 0.1) is 5.69 Å². The summed E-state index contributed by atoms with van der Waals surface area (Å²) in [5.74, 6) is 0.656. The second-order valence-electron chi connectivity index (χ2n) is 3.40. The van der Waals surface area contributed by atoms with Gasteiger partial charge in [-0.2, -0.15) is 0 Å². The van der Waals surface area contributed by atoms with E-state index in [2.05, 4.69) is 22.8 Å². The summed E-state index contributed by atoms with van der Waals surface area (Å²) < 4.78 is 1.90. The number of aromatic nitrogens is 2. The zero-order valence-corrected chi connectivity index (χ0v) is 7.38. The third-order valence-corrected chi connectivity index (χ3v) is 2.42. The van der Waals surface area contributed by atoms with Gasteiger partial charge in [-0.1, -0.05) is 0 Å². The molecule has 1 aromatic rings. The van der Waals surface area contributed by atoms with Gasteiger partial charge in [-0.3, -0.25) is 0 Å². The molecule has 1 aromatic heterocycles. The molecule has 3 nitrogen and oxygen atoms in total. The van der Waals surface area contributed by atoms with E-state index in [0.717, 1.165) is 13.1 Å². The topological polar surface area (TPSA) is 29.9 Å². The molecule has 0 saturated carbocycles. The number of nitrogens with zero attached hydrogens (tertiary/aromatic N) is 2. The van der Waals surface area contributed by atoms with Crippen LogP contribution < -0.4 is 5.32 Å². The smallest absolute Gasteiger partial charge is 0.176 e. The third kappa shape index (κ3) is 1.50. The van der Waals surface area contributed by atoms with Gasteiger partial charge in [0.25, 0.3) is 0 Å². The van der Waals surface area contributed by atoms with Gasteiger partial charge in [-0.25, -0.2) is 4.98 Å². The van der Waals surface area contributed by atoms with E-state index < -0.39 is 0 Å². The molecule has 2 rings (SSSR count). The van der Waals surface area contributed by atoms with Crippen LogP contribution in [0.3, 0.4) is 0 Å². The van der Waals surface area contributed by atoms with Crippen molar-refractivity contribution in [2.75, 3.05) is 13.1 Å². The Kier molecular flexibility index (Phi) is 2.13. The maximum Gasteiger partial charge on any atom is 0.176 e. The molecule has 1 saturated heterocycles. The van der Waals surface area contributed by atoms with E-state index >= 15 is 0 Å². The molecule has 1 aliphatic heterocycles. The van der Waals surface area contributed by atoms with Crippen molar-refractivity contribution in [3.63, 3.8) is 0 Å². The summed E-state index contributed by atoms with van der Waals surface area (Å²) in [5.41, 5.74) is 1.21. The fraction of sp³-hybridized carbons (Fsp3) is 0.667. The first-order chi connectivity index (χ1) is 5.86. The molecule has 0 atom stereocenters. The molecule has 0 bridgehead atoms. The maximum absolute atomic E-state index is 4.25. The zero-order valence-electron chi connectivity index (χ0n) is 7.38. The Morgan fingerprint density at radius 3 is 2.92 bits per heavy atom. The average molecular weight is 164 g/mol. The van der Waals surface area contributed by atoms with E-state index in [1.807, 2.05) is 11.6 Å². The summed E-state index contributed by atoms with van der Waals surface area (Å²) in [4.78, 5) is 4.25. The normalized spacial score (nSPS) is 19.8. The third-order valence-electron chi connectivity index (χ3n) is 2.42. The van der Waals surface area contributed by atoms with Crippen LogP contribution >= 0.6 is 0 Å². The fourth-order valence-corrected chi connectivity index (χ4v) is 1.71. The van der Waals surface area contributed by atoms with E-state index in [9.17, 15) is 0 Å². The number of nitrogens with one attached hydrogen (secondary N) is 1. The highest BCUT2D eigenvalue weighted by Crippen LogP contribution is 2.22. The first kappa shape index (κ1) is 7.80. The Bertz CT molecular complexity index is 248. The molecule has 3 heteroatoms. The number of hydrogen-bond acceptors (Lipinski definition) is 2. The summed E-state index contributed by atoms with van der Waals surface area (Å²) in [6, 6.07) is 0. The summed E-state index contributed by atoms with van der Waals surface area (Å²) in [6.45, 7) is 2.25. The van der Waals surface area contributed by atoms with Crippen LogP contribution in [0.15, 0.2) is 6.20 Å². The highest BCUT2D eigenvalue weighted by molar-refractivity contribution is 5.05. The van der Waals surface area contributed by atoms with E-state index in [4.69, 9.17) is 0 Å². The molecule has 1 N–H and O–H groups in total. The van der Waals surface area contributed by atoms with Crippen molar-refractivity contribution in [3.05, 3.63) is 18.2 Å². The molecule has 0 amide bonds. The Morgan fingerprint density at radius 2 is 2.33 bits per heavy atom. The van der Waals surface area contributed by atoms with E-state index in [0.29, 0.717) is 5.92 Å². The molecule has 0 aliphatic carbocycles. The first-order valence-electron chi connectivity index (χ1n) is 4.48. The number of hydrogen-bond donors (Lipinski definition) is 1. The number of piperidine rings is 1. The van der Waals surface area contributed by atoms with E-state index in [1.165, 1.54) is 18.5 Å². The van der Waals surface area contributed by atoms with Crippen LogP contribution in [0.2, 0.25) is 0 Å². The number of imidazole rings is 1. The number of aryl methyl sites for hydroxylation is 1. The van der Waals surface area contributed by atoms with Crippen LogP contribution in [0.4, 0.5) is 0 Å². The monoisotopic (exact) mass is 164 g/mol. The van der Waals surface area contributed by atoms with Crippen molar-refractivity contribution < 1.29 is 0 Å². The van der Waals surface area contributed by atoms with Gasteiger partial charge in [0.2, 0.25) is 0 Å². The van der Waals surface area contributed by atoms with Crippen molar-refractivity contribution in [2.24, 2.45) is 7.05 Å². The largest absolute Gasteiger partial charge is 0.331 e. The maximum atomic E-state index is 4.25. The second-order valence-corrected chi connectivity index (χ2v) is 3.40. The van der Waals surface area contributed by atoms with Crippen LogP contribution in [-0.4, -0.2) is 22.6 Å². The van der Waals surface area contributed by atoms with Crippen molar-refractivity contribution in [1.82, 2.24) is 14.9 Å². The van der Waals surface area contributed by atoms with Gasteiger partial charge in [0.15, 0.2) is 6.33 Å². The van der Waals surface area contributed by atoms with Crippen LogP contribution in [0.1, 0.15) is 24.5 Å². The summed E-state index contributed by atoms with van der Waals surface area (Å²) in [5, 5.41) is 3.35. The van der Waals surface area contributed by atoms with E-state index in [1.54, 1.807) is 0 Å². The van der Waals surface area contributed by atoms with Gasteiger partial charge in [-0.05, 0) is 25.9 Å². The lowest BCUT2D eigenvalue weighted by molar-refractivity contribution is 0.454. The zero-order chi connectivity index (χ0) is 8.39. The van der Waals surface area contributed by atoms with Crippen molar-refractivity contribution >= 4 is 0 Å². The standard InChI is InChI=1S/C9H14N3/c1-12-6-9(11-7-12)8-2-4-10-5-3-8/h6,8,10H,2-5H2,1H3. The van der Waals surface area contributed by atoms with Crippen LogP contribution in [0.25, 0.3) is 0 Å². The number of rotatable bonds is 1. The minimum Gasteiger partial charge on any atom is -0.331 e. The van der Waals surface area contributed by atoms with E-state index in [-0.39, 0.29) is 0 Å². The minimum absolute atomic E-state index is 0.656. The lowest BCUT2D eigenvalue weighted by Crippen LogP contribution is -2.26. The summed E-state index contributed by atoms with van der Waals surface area (Å²) >= 11 is 0. The Hall–Kier alpha value is -0.830. The van der Waals surface area contributed by atoms with Crippen molar-refractivity contribution in [3.8, 4) is 0 Å². The van der Waals surface area contributed by atoms with Gasteiger partial charge < -0.3 is 9.88 Å². The lowest BCUT2D eigenvalue weighted by Gasteiger charge is -2.20. The molecule has 65 valence electrons. The van der Waals surface area contributed by atoms with Gasteiger partial charge >= 0.3 is 0 Å². The Morgan fingerprint density at radius 1 is 1.58 bits per heavy atom. The average Bonchev–Trinajstić information content (AvgIpc) is 2.54. The molecule has 0 unspecified atom stereocenters. The summed E-state index contributed by atoms with van der Waals surface area (Å²) in [7, 11) is 1.97. The predicted octanol–water partition coefficient (Wildman–Crippen LogP) is 0.687. The Balaban J connectivity index is 2.08. The van der Waals surface area contributed by atoms with Gasteiger partial charge in [0, 0.05) is 19.2 Å². The molecular formula is C9H14N3. The minimum atomic E-state index is 0.656. The van der Waals surface area contributed by atoms with Crippen molar-refractivity contribution in [1.29, 1.82) is 0 Å². The molecule has 1 radical (unpaired) electrons. The highest BCUT2D eigenvalue weighted by Gasteiger charge is 2.16. The molecule has 2 heterocycles. The predicted molar refractivity (Wildman–Crippen MR) is 46.9 cm³/mol. The lowest BCUT2D eigenvalue weighted by atomic mass is 9.95. The van der Waals surface area contributed by atoms with Gasteiger partial charge in [-0.15, -0.1) is 0 Å². The molecular weight excluding hydrogens is 150 g/mol. The SMILES string of the molecule is Cn1[c]nc(C2CCNCC2)c1. The van der Waals surface area contributed by atoms with Crippen LogP contribution in [0.5, 0.6) is 0 Å². The molecule has 1 aliphatic rings. The Labute approximate surface area is 72.8 Å². The van der Waals surface area contributed by atoms with Crippen LogP contribution in [-0.2, 0) is 7.05 Å². The first-order valence-corrected chi connectivity index (χ1v) is 4.48.